The molecule has 1 aliphatic heterocycles. The number of aromatic hydroxyl groups is 1. The summed E-state index contributed by atoms with van der Waals surface area (Å²) in [7, 11) is 0. The standard InChI is InChI=1S/C29H45NO4/c1-9-10-11-12-15-28(5,6)20-17-23(31)25-21-16-19(26(32)30-34-27(2,3)4)13-14-22(21)29(7,8)33-24(25)18-20/h13,17-18,21-22,31H,9-12,14-16H2,1-8H3,(H,30,32)/t21-,22-/m1/s1. The molecule has 0 saturated heterocycles. The molecule has 3 rings (SSSR count). The van der Waals surface area contributed by atoms with Gasteiger partial charge in [0.1, 0.15) is 17.1 Å². The van der Waals surface area contributed by atoms with E-state index in [0.717, 1.165) is 29.7 Å². The molecule has 5 heteroatoms. The van der Waals surface area contributed by atoms with Crippen LogP contribution in [-0.4, -0.2) is 22.2 Å². The fraction of sp³-hybridized carbons (Fsp3) is 0.690. The van der Waals surface area contributed by atoms with Gasteiger partial charge in [0, 0.05) is 23.0 Å². The largest absolute Gasteiger partial charge is 0.508 e. The van der Waals surface area contributed by atoms with E-state index in [1.165, 1.54) is 25.7 Å². The monoisotopic (exact) mass is 471 g/mol. The molecule has 1 aromatic rings. The summed E-state index contributed by atoms with van der Waals surface area (Å²) in [5.41, 5.74) is 4.35. The van der Waals surface area contributed by atoms with Crippen LogP contribution in [-0.2, 0) is 15.0 Å². The molecule has 190 valence electrons. The number of phenolic OH excluding ortho intramolecular Hbond substituents is 1. The van der Waals surface area contributed by atoms with Crippen molar-refractivity contribution < 1.29 is 19.5 Å². The number of ether oxygens (including phenoxy) is 1. The molecular weight excluding hydrogens is 426 g/mol. The lowest BCUT2D eigenvalue weighted by atomic mass is 9.66. The first-order valence-corrected chi connectivity index (χ1v) is 13.0. The minimum Gasteiger partial charge on any atom is -0.508 e. The van der Waals surface area contributed by atoms with Crippen molar-refractivity contribution in [2.24, 2.45) is 5.92 Å². The van der Waals surface area contributed by atoms with Gasteiger partial charge in [0.2, 0.25) is 0 Å². The second kappa shape index (κ2) is 9.93. The molecule has 0 unspecified atom stereocenters. The molecule has 0 fully saturated rings. The van der Waals surface area contributed by atoms with Crippen molar-refractivity contribution in [3.8, 4) is 11.5 Å². The van der Waals surface area contributed by atoms with Crippen LogP contribution in [0.25, 0.3) is 0 Å². The molecule has 1 amide bonds. The highest BCUT2D eigenvalue weighted by molar-refractivity contribution is 5.93. The van der Waals surface area contributed by atoms with Crippen LogP contribution in [0, 0.1) is 5.92 Å². The zero-order chi connectivity index (χ0) is 25.3. The number of amides is 1. The van der Waals surface area contributed by atoms with Crippen molar-refractivity contribution in [3.05, 3.63) is 34.9 Å². The molecule has 5 nitrogen and oxygen atoms in total. The average Bonchev–Trinajstić information content (AvgIpc) is 2.73. The van der Waals surface area contributed by atoms with Gasteiger partial charge < -0.3 is 9.84 Å². The zero-order valence-electron chi connectivity index (χ0n) is 22.5. The van der Waals surface area contributed by atoms with Gasteiger partial charge in [-0.25, -0.2) is 5.48 Å². The van der Waals surface area contributed by atoms with Crippen LogP contribution in [0.5, 0.6) is 11.5 Å². The topological polar surface area (TPSA) is 67.8 Å². The Kier molecular flexibility index (Phi) is 7.76. The Bertz CT molecular complexity index is 923. The Hall–Kier alpha value is -2.01. The van der Waals surface area contributed by atoms with Gasteiger partial charge in [-0.1, -0.05) is 52.5 Å². The smallest absolute Gasteiger partial charge is 0.270 e. The fourth-order valence-electron chi connectivity index (χ4n) is 5.37. The number of allylic oxidation sites excluding steroid dienone is 1. The van der Waals surface area contributed by atoms with E-state index in [9.17, 15) is 9.90 Å². The summed E-state index contributed by atoms with van der Waals surface area (Å²) >= 11 is 0. The van der Waals surface area contributed by atoms with E-state index in [1.807, 2.05) is 32.9 Å². The van der Waals surface area contributed by atoms with E-state index in [0.29, 0.717) is 12.0 Å². The van der Waals surface area contributed by atoms with Crippen LogP contribution in [0.4, 0.5) is 0 Å². The molecule has 0 radical (unpaired) electrons. The number of fused-ring (bicyclic) bond motifs is 3. The maximum atomic E-state index is 12.8. The number of hydrogen-bond acceptors (Lipinski definition) is 4. The molecule has 1 heterocycles. The minimum absolute atomic E-state index is 0.0147. The Labute approximate surface area is 206 Å². The first kappa shape index (κ1) is 26.6. The first-order valence-electron chi connectivity index (χ1n) is 13.0. The highest BCUT2D eigenvalue weighted by Crippen LogP contribution is 2.55. The Morgan fingerprint density at radius 3 is 2.53 bits per heavy atom. The predicted octanol–water partition coefficient (Wildman–Crippen LogP) is 7.08. The van der Waals surface area contributed by atoms with Gasteiger partial charge in [0.15, 0.2) is 0 Å². The van der Waals surface area contributed by atoms with Crippen molar-refractivity contribution in [1.82, 2.24) is 5.48 Å². The van der Waals surface area contributed by atoms with Crippen molar-refractivity contribution in [2.75, 3.05) is 0 Å². The van der Waals surface area contributed by atoms with Gasteiger partial charge in [-0.15, -0.1) is 0 Å². The van der Waals surface area contributed by atoms with Gasteiger partial charge in [0.05, 0.1) is 5.60 Å². The van der Waals surface area contributed by atoms with Crippen molar-refractivity contribution >= 4 is 5.91 Å². The number of carbonyl (C=O) groups is 1. The third-order valence-corrected chi connectivity index (χ3v) is 7.48. The molecule has 2 atom stereocenters. The third-order valence-electron chi connectivity index (χ3n) is 7.48. The summed E-state index contributed by atoms with van der Waals surface area (Å²) in [6.07, 6.45) is 9.25. The van der Waals surface area contributed by atoms with E-state index < -0.39 is 11.2 Å². The second-order valence-electron chi connectivity index (χ2n) is 12.3. The number of phenols is 1. The SMILES string of the molecule is CCCCCCC(C)(C)c1cc(O)c2c(c1)OC(C)(C)[C@@H]1CC=C(C(=O)NOC(C)(C)C)C[C@@H]21. The van der Waals surface area contributed by atoms with Crippen LogP contribution in [0.3, 0.4) is 0 Å². The van der Waals surface area contributed by atoms with Gasteiger partial charge >= 0.3 is 0 Å². The number of carbonyl (C=O) groups excluding carboxylic acids is 1. The van der Waals surface area contributed by atoms with E-state index in [2.05, 4.69) is 46.2 Å². The summed E-state index contributed by atoms with van der Waals surface area (Å²) in [6.45, 7) is 16.7. The third kappa shape index (κ3) is 5.97. The quantitative estimate of drug-likeness (QED) is 0.314. The Balaban J connectivity index is 1.88. The van der Waals surface area contributed by atoms with E-state index >= 15 is 0 Å². The number of benzene rings is 1. The molecular formula is C29H45NO4. The molecule has 0 bridgehead atoms. The molecule has 1 aliphatic carbocycles. The van der Waals surface area contributed by atoms with Crippen LogP contribution in [0.1, 0.15) is 117 Å². The van der Waals surface area contributed by atoms with Crippen molar-refractivity contribution in [3.63, 3.8) is 0 Å². The fourth-order valence-corrected chi connectivity index (χ4v) is 5.37. The van der Waals surface area contributed by atoms with E-state index in [-0.39, 0.29) is 28.9 Å². The minimum atomic E-state index is -0.460. The van der Waals surface area contributed by atoms with E-state index in [4.69, 9.17) is 9.57 Å². The summed E-state index contributed by atoms with van der Waals surface area (Å²) in [4.78, 5) is 18.3. The highest BCUT2D eigenvalue weighted by atomic mass is 16.7. The normalized spacial score (nSPS) is 21.7. The molecule has 0 saturated carbocycles. The van der Waals surface area contributed by atoms with Gasteiger partial charge in [-0.2, -0.15) is 0 Å². The molecule has 34 heavy (non-hydrogen) atoms. The lowest BCUT2D eigenvalue weighted by molar-refractivity contribution is -0.142. The maximum absolute atomic E-state index is 12.8. The van der Waals surface area contributed by atoms with Gasteiger partial charge in [-0.05, 0) is 77.0 Å². The number of unbranched alkanes of at least 4 members (excludes halogenated alkanes) is 3. The average molecular weight is 472 g/mol. The Morgan fingerprint density at radius 1 is 1.18 bits per heavy atom. The second-order valence-corrected chi connectivity index (χ2v) is 12.3. The van der Waals surface area contributed by atoms with Gasteiger partial charge in [0.25, 0.3) is 5.91 Å². The lowest BCUT2D eigenvalue weighted by Gasteiger charge is -2.47. The summed E-state index contributed by atoms with van der Waals surface area (Å²) in [6, 6.07) is 4.06. The van der Waals surface area contributed by atoms with Crippen LogP contribution in [0.15, 0.2) is 23.8 Å². The first-order chi connectivity index (χ1) is 15.7. The summed E-state index contributed by atoms with van der Waals surface area (Å²) < 4.78 is 6.52. The van der Waals surface area contributed by atoms with Gasteiger partial charge in [-0.3, -0.25) is 9.63 Å². The van der Waals surface area contributed by atoms with Crippen molar-refractivity contribution in [1.29, 1.82) is 0 Å². The number of hydroxylamine groups is 1. The summed E-state index contributed by atoms with van der Waals surface area (Å²) in [5, 5.41) is 11.2. The molecule has 2 N–H and O–H groups in total. The lowest BCUT2D eigenvalue weighted by Crippen LogP contribution is -2.46. The van der Waals surface area contributed by atoms with Crippen LogP contribution >= 0.6 is 0 Å². The maximum Gasteiger partial charge on any atom is 0.270 e. The van der Waals surface area contributed by atoms with Crippen molar-refractivity contribution in [2.45, 2.75) is 123 Å². The molecule has 2 aliphatic rings. The molecule has 0 spiro atoms. The molecule has 0 aromatic heterocycles. The summed E-state index contributed by atoms with van der Waals surface area (Å²) in [5.74, 6) is 1.03. The van der Waals surface area contributed by atoms with Crippen LogP contribution in [0.2, 0.25) is 0 Å². The molecule has 1 aromatic carbocycles. The number of rotatable bonds is 8. The predicted molar refractivity (Wildman–Crippen MR) is 137 cm³/mol. The van der Waals surface area contributed by atoms with E-state index in [1.54, 1.807) is 0 Å². The van der Waals surface area contributed by atoms with Crippen LogP contribution < -0.4 is 10.2 Å². The highest BCUT2D eigenvalue weighted by Gasteiger charge is 2.47. The number of nitrogens with one attached hydrogen (secondary N) is 1. The number of hydrogen-bond donors (Lipinski definition) is 2. The Morgan fingerprint density at radius 2 is 1.88 bits per heavy atom. The zero-order valence-corrected chi connectivity index (χ0v) is 22.5.